The quantitative estimate of drug-likeness (QED) is 0.376. The van der Waals surface area contributed by atoms with Gasteiger partial charge in [-0.3, -0.25) is 0 Å². The van der Waals surface area contributed by atoms with Crippen molar-refractivity contribution in [3.05, 3.63) is 59.4 Å². The maximum atomic E-state index is 14.0. The molecule has 7 heteroatoms. The molecule has 0 saturated carbocycles. The van der Waals surface area contributed by atoms with Gasteiger partial charge in [-0.1, -0.05) is 12.1 Å². The maximum absolute atomic E-state index is 14.0. The van der Waals surface area contributed by atoms with E-state index >= 15 is 0 Å². The number of hydrogen-bond donors (Lipinski definition) is 1. The molecular weight excluding hydrogens is 338 g/mol. The molecule has 0 fully saturated rings. The SMILES string of the molecule is CCOC(=O)C=Cc1cc(-c2ccc(C(F)(F)F)cc2)cc(F)c1N. The highest BCUT2D eigenvalue weighted by Gasteiger charge is 2.30. The number of nitrogens with two attached hydrogens (primary N) is 1. The molecule has 2 aromatic carbocycles. The monoisotopic (exact) mass is 353 g/mol. The van der Waals surface area contributed by atoms with Crippen molar-refractivity contribution in [3.8, 4) is 11.1 Å². The Bertz CT molecular complexity index is 796. The van der Waals surface area contributed by atoms with Crippen LogP contribution in [0.3, 0.4) is 0 Å². The van der Waals surface area contributed by atoms with Crippen LogP contribution in [-0.4, -0.2) is 12.6 Å². The van der Waals surface area contributed by atoms with E-state index in [1.54, 1.807) is 6.92 Å². The van der Waals surface area contributed by atoms with Crippen molar-refractivity contribution in [2.75, 3.05) is 12.3 Å². The molecule has 0 bridgehead atoms. The van der Waals surface area contributed by atoms with E-state index in [1.807, 2.05) is 0 Å². The summed E-state index contributed by atoms with van der Waals surface area (Å²) < 4.78 is 56.6. The van der Waals surface area contributed by atoms with Crippen molar-refractivity contribution in [2.45, 2.75) is 13.1 Å². The Morgan fingerprint density at radius 2 is 1.80 bits per heavy atom. The molecule has 0 saturated heterocycles. The summed E-state index contributed by atoms with van der Waals surface area (Å²) in [6, 6.07) is 6.92. The van der Waals surface area contributed by atoms with Gasteiger partial charge in [-0.2, -0.15) is 13.2 Å². The lowest BCUT2D eigenvalue weighted by atomic mass is 10.00. The van der Waals surface area contributed by atoms with E-state index in [2.05, 4.69) is 0 Å². The number of carbonyl (C=O) groups excluding carboxylic acids is 1. The lowest BCUT2D eigenvalue weighted by molar-refractivity contribution is -0.138. The molecule has 2 rings (SSSR count). The first-order chi connectivity index (χ1) is 11.7. The molecule has 2 aromatic rings. The number of rotatable bonds is 4. The summed E-state index contributed by atoms with van der Waals surface area (Å²) in [7, 11) is 0. The number of alkyl halides is 3. The van der Waals surface area contributed by atoms with Gasteiger partial charge in [-0.05, 0) is 48.4 Å². The van der Waals surface area contributed by atoms with Crippen LogP contribution in [0.4, 0.5) is 23.2 Å². The first-order valence-corrected chi connectivity index (χ1v) is 7.34. The zero-order valence-corrected chi connectivity index (χ0v) is 13.2. The minimum atomic E-state index is -4.45. The van der Waals surface area contributed by atoms with E-state index in [0.717, 1.165) is 24.3 Å². The van der Waals surface area contributed by atoms with Crippen molar-refractivity contribution in [1.29, 1.82) is 0 Å². The zero-order valence-electron chi connectivity index (χ0n) is 13.2. The third-order valence-electron chi connectivity index (χ3n) is 3.39. The van der Waals surface area contributed by atoms with Crippen molar-refractivity contribution in [2.24, 2.45) is 0 Å². The summed E-state index contributed by atoms with van der Waals surface area (Å²) in [5, 5.41) is 0. The van der Waals surface area contributed by atoms with Gasteiger partial charge in [-0.25, -0.2) is 9.18 Å². The summed E-state index contributed by atoms with van der Waals surface area (Å²) in [5.74, 6) is -1.34. The molecule has 132 valence electrons. The second-order valence-corrected chi connectivity index (χ2v) is 5.12. The summed E-state index contributed by atoms with van der Waals surface area (Å²) in [4.78, 5) is 11.3. The maximum Gasteiger partial charge on any atom is 0.416 e. The lowest BCUT2D eigenvalue weighted by Gasteiger charge is -2.10. The standard InChI is InChI=1S/C18H15F4NO2/c1-2-25-16(24)8-5-12-9-13(10-15(19)17(12)23)11-3-6-14(7-4-11)18(20,21)22/h3-10H,2,23H2,1H3. The van der Waals surface area contributed by atoms with E-state index in [1.165, 1.54) is 24.3 Å². The highest BCUT2D eigenvalue weighted by Crippen LogP contribution is 2.32. The second-order valence-electron chi connectivity index (χ2n) is 5.12. The Hall–Kier alpha value is -2.83. The molecule has 25 heavy (non-hydrogen) atoms. The number of benzene rings is 2. The van der Waals surface area contributed by atoms with Gasteiger partial charge in [0.1, 0.15) is 5.82 Å². The molecule has 0 atom stereocenters. The largest absolute Gasteiger partial charge is 0.463 e. The first kappa shape index (κ1) is 18.5. The highest BCUT2D eigenvalue weighted by molar-refractivity contribution is 5.89. The Kier molecular flexibility index (Phi) is 5.46. The van der Waals surface area contributed by atoms with E-state index in [-0.39, 0.29) is 17.9 Å². The van der Waals surface area contributed by atoms with E-state index in [9.17, 15) is 22.4 Å². The van der Waals surface area contributed by atoms with Crippen LogP contribution in [0, 0.1) is 5.82 Å². The molecule has 0 aliphatic carbocycles. The number of nitrogen functional groups attached to an aromatic ring is 1. The van der Waals surface area contributed by atoms with Gasteiger partial charge in [0.15, 0.2) is 0 Å². The van der Waals surface area contributed by atoms with Crippen molar-refractivity contribution in [1.82, 2.24) is 0 Å². The molecule has 0 amide bonds. The molecule has 0 aliphatic rings. The predicted octanol–water partition coefficient (Wildman–Crippen LogP) is 4.67. The summed E-state index contributed by atoms with van der Waals surface area (Å²) >= 11 is 0. The molecule has 0 heterocycles. The second kappa shape index (κ2) is 7.38. The van der Waals surface area contributed by atoms with Crippen molar-refractivity contribution >= 4 is 17.7 Å². The zero-order chi connectivity index (χ0) is 18.6. The van der Waals surface area contributed by atoms with Gasteiger partial charge in [0.25, 0.3) is 0 Å². The average molecular weight is 353 g/mol. The third-order valence-corrected chi connectivity index (χ3v) is 3.39. The predicted molar refractivity (Wildman–Crippen MR) is 86.9 cm³/mol. The van der Waals surface area contributed by atoms with Crippen LogP contribution in [0.25, 0.3) is 17.2 Å². The van der Waals surface area contributed by atoms with Gasteiger partial charge < -0.3 is 10.5 Å². The van der Waals surface area contributed by atoms with Crippen LogP contribution in [0.1, 0.15) is 18.1 Å². The number of halogens is 4. The van der Waals surface area contributed by atoms with Gasteiger partial charge in [-0.15, -0.1) is 0 Å². The minimum Gasteiger partial charge on any atom is -0.463 e. The fourth-order valence-corrected chi connectivity index (χ4v) is 2.14. The molecule has 0 unspecified atom stereocenters. The fourth-order valence-electron chi connectivity index (χ4n) is 2.14. The van der Waals surface area contributed by atoms with E-state index < -0.39 is 23.5 Å². The van der Waals surface area contributed by atoms with Crippen LogP contribution < -0.4 is 5.73 Å². The topological polar surface area (TPSA) is 52.3 Å². The smallest absolute Gasteiger partial charge is 0.416 e. The van der Waals surface area contributed by atoms with E-state index in [4.69, 9.17) is 10.5 Å². The Labute approximate surface area is 141 Å². The number of carbonyl (C=O) groups is 1. The molecule has 0 spiro atoms. The number of hydrogen-bond acceptors (Lipinski definition) is 3. The Morgan fingerprint density at radius 1 is 1.16 bits per heavy atom. The van der Waals surface area contributed by atoms with Crippen LogP contribution in [-0.2, 0) is 15.7 Å². The number of anilines is 1. The Morgan fingerprint density at radius 3 is 2.36 bits per heavy atom. The summed E-state index contributed by atoms with van der Waals surface area (Å²) in [6.07, 6.45) is -2.05. The summed E-state index contributed by atoms with van der Waals surface area (Å²) in [6.45, 7) is 1.84. The molecule has 0 radical (unpaired) electrons. The summed E-state index contributed by atoms with van der Waals surface area (Å²) in [5.41, 5.74) is 5.63. The van der Waals surface area contributed by atoms with Crippen LogP contribution in [0.5, 0.6) is 0 Å². The average Bonchev–Trinajstić information content (AvgIpc) is 2.55. The number of ether oxygens (including phenoxy) is 1. The Balaban J connectivity index is 2.38. The van der Waals surface area contributed by atoms with Crippen molar-refractivity contribution in [3.63, 3.8) is 0 Å². The number of esters is 1. The van der Waals surface area contributed by atoms with Crippen molar-refractivity contribution < 1.29 is 27.1 Å². The van der Waals surface area contributed by atoms with Gasteiger partial charge in [0.05, 0.1) is 17.9 Å². The lowest BCUT2D eigenvalue weighted by Crippen LogP contribution is -2.04. The van der Waals surface area contributed by atoms with Gasteiger partial charge in [0.2, 0.25) is 0 Å². The van der Waals surface area contributed by atoms with Crippen LogP contribution in [0.2, 0.25) is 0 Å². The molecule has 2 N–H and O–H groups in total. The van der Waals surface area contributed by atoms with Crippen LogP contribution in [0.15, 0.2) is 42.5 Å². The van der Waals surface area contributed by atoms with Gasteiger partial charge >= 0.3 is 12.1 Å². The normalized spacial score (nSPS) is 11.7. The fraction of sp³-hybridized carbons (Fsp3) is 0.167. The molecule has 0 aromatic heterocycles. The van der Waals surface area contributed by atoms with Gasteiger partial charge in [0, 0.05) is 11.6 Å². The highest BCUT2D eigenvalue weighted by atomic mass is 19.4. The first-order valence-electron chi connectivity index (χ1n) is 7.34. The minimum absolute atomic E-state index is 0.170. The third kappa shape index (κ3) is 4.59. The molecule has 3 nitrogen and oxygen atoms in total. The van der Waals surface area contributed by atoms with E-state index in [0.29, 0.717) is 11.1 Å². The molecular formula is C18H15F4NO2. The molecule has 0 aliphatic heterocycles. The van der Waals surface area contributed by atoms with Crippen LogP contribution >= 0.6 is 0 Å².